The van der Waals surface area contributed by atoms with Crippen LogP contribution in [0.25, 0.3) is 28.3 Å². The minimum Gasteiger partial charge on any atom is -0.493 e. The molecule has 0 aliphatic rings. The number of hydrogen-bond acceptors (Lipinski definition) is 5. The van der Waals surface area contributed by atoms with E-state index in [0.29, 0.717) is 28.5 Å². The molecule has 7 nitrogen and oxygen atoms in total. The zero-order valence-corrected chi connectivity index (χ0v) is 14.3. The molecule has 3 aromatic heterocycles. The first-order chi connectivity index (χ1) is 12.7. The molecule has 130 valence electrons. The Balaban J connectivity index is 1.84. The van der Waals surface area contributed by atoms with Crippen molar-refractivity contribution in [1.29, 1.82) is 0 Å². The predicted octanol–water partition coefficient (Wildman–Crippen LogP) is 2.77. The Labute approximate surface area is 148 Å². The lowest BCUT2D eigenvalue weighted by Crippen LogP contribution is -2.14. The lowest BCUT2D eigenvalue weighted by Gasteiger charge is -2.08. The van der Waals surface area contributed by atoms with Crippen LogP contribution in [0.15, 0.2) is 59.5 Å². The number of aromatic nitrogens is 4. The fraction of sp³-hybridized carbons (Fsp3) is 0.105. The summed E-state index contributed by atoms with van der Waals surface area (Å²) in [4.78, 5) is 21.3. The molecule has 0 aliphatic carbocycles. The van der Waals surface area contributed by atoms with Gasteiger partial charge in [-0.2, -0.15) is 0 Å². The summed E-state index contributed by atoms with van der Waals surface area (Å²) in [6.07, 6.45) is 1.67. The van der Waals surface area contributed by atoms with Gasteiger partial charge in [-0.25, -0.2) is 9.50 Å². The minimum absolute atomic E-state index is 0.206. The van der Waals surface area contributed by atoms with Gasteiger partial charge in [-0.05, 0) is 30.3 Å². The van der Waals surface area contributed by atoms with Gasteiger partial charge in [0.25, 0.3) is 5.56 Å². The second-order valence-corrected chi connectivity index (χ2v) is 5.63. The van der Waals surface area contributed by atoms with E-state index in [1.165, 1.54) is 10.6 Å². The van der Waals surface area contributed by atoms with Crippen molar-refractivity contribution in [3.8, 4) is 34.1 Å². The number of methoxy groups -OCH3 is 2. The number of nitrogens with one attached hydrogen (secondary N) is 1. The van der Waals surface area contributed by atoms with Gasteiger partial charge in [-0.3, -0.25) is 14.9 Å². The third kappa shape index (κ3) is 2.69. The summed E-state index contributed by atoms with van der Waals surface area (Å²) < 4.78 is 12.0. The monoisotopic (exact) mass is 348 g/mol. The van der Waals surface area contributed by atoms with Crippen LogP contribution >= 0.6 is 0 Å². The quantitative estimate of drug-likeness (QED) is 0.613. The SMILES string of the molecule is COc1ccc(-c2cc3nc(-c4ccccn4)cc(=O)n3[nH]2)cc1OC. The average Bonchev–Trinajstić information content (AvgIpc) is 3.13. The molecule has 0 fully saturated rings. The number of ether oxygens (including phenoxy) is 2. The van der Waals surface area contributed by atoms with Crippen molar-refractivity contribution in [3.05, 3.63) is 65.1 Å². The normalized spacial score (nSPS) is 10.8. The van der Waals surface area contributed by atoms with Gasteiger partial charge in [0.05, 0.1) is 31.3 Å². The van der Waals surface area contributed by atoms with E-state index in [9.17, 15) is 4.79 Å². The molecule has 4 aromatic rings. The molecule has 0 atom stereocenters. The van der Waals surface area contributed by atoms with E-state index in [0.717, 1.165) is 11.3 Å². The van der Waals surface area contributed by atoms with E-state index < -0.39 is 0 Å². The highest BCUT2D eigenvalue weighted by Gasteiger charge is 2.12. The Hall–Kier alpha value is -3.61. The highest BCUT2D eigenvalue weighted by molar-refractivity contribution is 5.68. The van der Waals surface area contributed by atoms with Crippen LogP contribution in [-0.2, 0) is 0 Å². The van der Waals surface area contributed by atoms with Crippen molar-refractivity contribution in [2.45, 2.75) is 0 Å². The van der Waals surface area contributed by atoms with Crippen molar-refractivity contribution >= 4 is 5.65 Å². The van der Waals surface area contributed by atoms with Gasteiger partial charge in [-0.1, -0.05) is 6.07 Å². The lowest BCUT2D eigenvalue weighted by atomic mass is 10.1. The molecule has 3 heterocycles. The third-order valence-corrected chi connectivity index (χ3v) is 4.07. The Bertz CT molecular complexity index is 1130. The van der Waals surface area contributed by atoms with Crippen LogP contribution < -0.4 is 15.0 Å². The molecule has 0 aliphatic heterocycles. The maximum absolute atomic E-state index is 12.5. The number of hydrogen-bond donors (Lipinski definition) is 1. The zero-order chi connectivity index (χ0) is 18.1. The second-order valence-electron chi connectivity index (χ2n) is 5.63. The van der Waals surface area contributed by atoms with Crippen molar-refractivity contribution in [3.63, 3.8) is 0 Å². The molecule has 0 unspecified atom stereocenters. The van der Waals surface area contributed by atoms with E-state index in [4.69, 9.17) is 9.47 Å². The van der Waals surface area contributed by atoms with Gasteiger partial charge in [0.1, 0.15) is 0 Å². The molecule has 4 rings (SSSR count). The summed E-state index contributed by atoms with van der Waals surface area (Å²) in [5.74, 6) is 1.25. The zero-order valence-electron chi connectivity index (χ0n) is 14.3. The van der Waals surface area contributed by atoms with Crippen LogP contribution in [0.2, 0.25) is 0 Å². The maximum atomic E-state index is 12.5. The number of aromatic amines is 1. The van der Waals surface area contributed by atoms with Crippen LogP contribution in [0.1, 0.15) is 0 Å². The second kappa shape index (κ2) is 6.36. The first-order valence-corrected chi connectivity index (χ1v) is 7.96. The molecule has 0 amide bonds. The first-order valence-electron chi connectivity index (χ1n) is 7.96. The van der Waals surface area contributed by atoms with Crippen molar-refractivity contribution in [2.75, 3.05) is 14.2 Å². The van der Waals surface area contributed by atoms with Crippen molar-refractivity contribution in [2.24, 2.45) is 0 Å². The summed E-state index contributed by atoms with van der Waals surface area (Å²) in [7, 11) is 3.17. The van der Waals surface area contributed by atoms with Crippen molar-refractivity contribution in [1.82, 2.24) is 19.6 Å². The van der Waals surface area contributed by atoms with E-state index >= 15 is 0 Å². The highest BCUT2D eigenvalue weighted by Crippen LogP contribution is 2.32. The Kier molecular flexibility index (Phi) is 3.89. The number of fused-ring (bicyclic) bond motifs is 1. The summed E-state index contributed by atoms with van der Waals surface area (Å²) in [5, 5.41) is 3.07. The molecule has 1 N–H and O–H groups in total. The van der Waals surface area contributed by atoms with Crippen LogP contribution in [0.4, 0.5) is 0 Å². The maximum Gasteiger partial charge on any atom is 0.273 e. The van der Waals surface area contributed by atoms with E-state index in [2.05, 4.69) is 15.1 Å². The van der Waals surface area contributed by atoms with Crippen LogP contribution in [0.3, 0.4) is 0 Å². The standard InChI is InChI=1S/C19H16N4O3/c1-25-16-7-6-12(9-17(16)26-2)14-10-18-21-15(11-19(24)23(18)22-14)13-5-3-4-8-20-13/h3-11,22H,1-2H3. The largest absolute Gasteiger partial charge is 0.493 e. The Morgan fingerprint density at radius 3 is 2.54 bits per heavy atom. The van der Waals surface area contributed by atoms with Crippen LogP contribution in [0, 0.1) is 0 Å². The van der Waals surface area contributed by atoms with Crippen molar-refractivity contribution < 1.29 is 9.47 Å². The molecule has 1 aromatic carbocycles. The van der Waals surface area contributed by atoms with Gasteiger partial charge in [-0.15, -0.1) is 0 Å². The van der Waals surface area contributed by atoms with Gasteiger partial charge in [0.15, 0.2) is 17.1 Å². The lowest BCUT2D eigenvalue weighted by molar-refractivity contribution is 0.355. The molecule has 0 bridgehead atoms. The number of H-pyrrole nitrogens is 1. The highest BCUT2D eigenvalue weighted by atomic mass is 16.5. The minimum atomic E-state index is -0.206. The summed E-state index contributed by atoms with van der Waals surface area (Å²) >= 11 is 0. The number of nitrogens with zero attached hydrogens (tertiary/aromatic N) is 3. The summed E-state index contributed by atoms with van der Waals surface area (Å²) in [5.41, 5.74) is 3.10. The van der Waals surface area contributed by atoms with Gasteiger partial charge >= 0.3 is 0 Å². The van der Waals surface area contributed by atoms with Crippen LogP contribution in [0.5, 0.6) is 11.5 Å². The Morgan fingerprint density at radius 1 is 0.962 bits per heavy atom. The number of rotatable bonds is 4. The molecule has 26 heavy (non-hydrogen) atoms. The smallest absolute Gasteiger partial charge is 0.273 e. The van der Waals surface area contributed by atoms with E-state index in [1.54, 1.807) is 20.4 Å². The average molecular weight is 348 g/mol. The molecule has 7 heteroatoms. The third-order valence-electron chi connectivity index (χ3n) is 4.07. The fourth-order valence-corrected chi connectivity index (χ4v) is 2.79. The van der Waals surface area contributed by atoms with Gasteiger partial charge in [0.2, 0.25) is 0 Å². The molecular formula is C19H16N4O3. The predicted molar refractivity (Wildman–Crippen MR) is 97.6 cm³/mol. The number of pyridine rings is 1. The molecule has 0 spiro atoms. The number of benzene rings is 1. The fourth-order valence-electron chi connectivity index (χ4n) is 2.79. The topological polar surface area (TPSA) is 81.5 Å². The molecular weight excluding hydrogens is 332 g/mol. The molecule has 0 radical (unpaired) electrons. The first kappa shape index (κ1) is 15.9. The van der Waals surface area contributed by atoms with Gasteiger partial charge < -0.3 is 9.47 Å². The molecule has 0 saturated carbocycles. The van der Waals surface area contributed by atoms with Gasteiger partial charge in [0, 0.05) is 23.9 Å². The summed E-state index contributed by atoms with van der Waals surface area (Å²) in [6, 6.07) is 14.3. The summed E-state index contributed by atoms with van der Waals surface area (Å²) in [6.45, 7) is 0. The van der Waals surface area contributed by atoms with Crippen LogP contribution in [-0.4, -0.2) is 33.8 Å². The molecule has 0 saturated heterocycles. The van der Waals surface area contributed by atoms with E-state index in [-0.39, 0.29) is 5.56 Å². The Morgan fingerprint density at radius 2 is 1.81 bits per heavy atom. The van der Waals surface area contributed by atoms with E-state index in [1.807, 2.05) is 42.5 Å².